The number of carbonyl (C=O) groups excluding carboxylic acids is 1. The van der Waals surface area contributed by atoms with E-state index in [0.717, 1.165) is 12.3 Å². The van der Waals surface area contributed by atoms with Gasteiger partial charge in [0.25, 0.3) is 5.91 Å². The molecule has 1 N–H and O–H groups in total. The number of halogens is 3. The number of rotatable bonds is 7. The van der Waals surface area contributed by atoms with Crippen molar-refractivity contribution in [2.75, 3.05) is 11.9 Å². The van der Waals surface area contributed by atoms with Crippen molar-refractivity contribution < 1.29 is 22.7 Å². The summed E-state index contributed by atoms with van der Waals surface area (Å²) in [4.78, 5) is 16.6. The molecule has 1 aromatic carbocycles. The number of aromatic nitrogens is 5. The fourth-order valence-corrected chi connectivity index (χ4v) is 3.09. The fourth-order valence-electron chi connectivity index (χ4n) is 3.09. The molecule has 0 unspecified atom stereocenters. The summed E-state index contributed by atoms with van der Waals surface area (Å²) in [7, 11) is 0. The molecular weight excluding hydrogens is 437 g/mol. The maximum Gasteiger partial charge on any atom is 0.417 e. The van der Waals surface area contributed by atoms with Crippen molar-refractivity contribution in [3.63, 3.8) is 0 Å². The molecule has 0 aliphatic rings. The lowest BCUT2D eigenvalue weighted by molar-refractivity contribution is -0.137. The van der Waals surface area contributed by atoms with Crippen LogP contribution in [0.15, 0.2) is 67.3 Å². The Bertz CT molecular complexity index is 1230. The van der Waals surface area contributed by atoms with Crippen LogP contribution in [-0.4, -0.2) is 37.1 Å². The first-order valence-electron chi connectivity index (χ1n) is 9.91. The third-order valence-corrected chi connectivity index (χ3v) is 4.79. The van der Waals surface area contributed by atoms with E-state index in [2.05, 4.69) is 20.5 Å². The highest BCUT2D eigenvalue weighted by atomic mass is 19.4. The number of amides is 1. The number of hydrogen-bond acceptors (Lipinski definition) is 5. The normalized spacial score (nSPS) is 11.4. The minimum Gasteiger partial charge on any atom is -0.492 e. The molecule has 0 spiro atoms. The first-order chi connectivity index (χ1) is 15.8. The highest BCUT2D eigenvalue weighted by Crippen LogP contribution is 2.29. The Kier molecular flexibility index (Phi) is 6.11. The summed E-state index contributed by atoms with van der Waals surface area (Å²) in [6, 6.07) is 10.9. The Morgan fingerprint density at radius 1 is 1.12 bits per heavy atom. The molecule has 8 nitrogen and oxygen atoms in total. The van der Waals surface area contributed by atoms with Gasteiger partial charge in [-0.15, -0.1) is 0 Å². The molecule has 3 heterocycles. The maximum atomic E-state index is 12.8. The number of hydrogen-bond donors (Lipinski definition) is 1. The van der Waals surface area contributed by atoms with Gasteiger partial charge in [-0.25, -0.2) is 9.67 Å². The molecule has 4 rings (SSSR count). The van der Waals surface area contributed by atoms with E-state index in [1.807, 2.05) is 12.3 Å². The lowest BCUT2D eigenvalue weighted by Crippen LogP contribution is -2.14. The van der Waals surface area contributed by atoms with Crippen molar-refractivity contribution in [1.82, 2.24) is 24.5 Å². The van der Waals surface area contributed by atoms with Gasteiger partial charge >= 0.3 is 6.18 Å². The van der Waals surface area contributed by atoms with Crippen LogP contribution in [-0.2, 0) is 12.7 Å². The van der Waals surface area contributed by atoms with E-state index < -0.39 is 17.6 Å². The van der Waals surface area contributed by atoms with Crippen LogP contribution in [0.25, 0.3) is 5.82 Å². The number of pyridine rings is 1. The van der Waals surface area contributed by atoms with Crippen molar-refractivity contribution in [3.8, 4) is 11.6 Å². The molecule has 1 amide bonds. The van der Waals surface area contributed by atoms with Gasteiger partial charge < -0.3 is 10.1 Å². The van der Waals surface area contributed by atoms with Gasteiger partial charge in [0, 0.05) is 30.3 Å². The van der Waals surface area contributed by atoms with Crippen molar-refractivity contribution in [2.45, 2.75) is 19.6 Å². The highest BCUT2D eigenvalue weighted by molar-refractivity contribution is 6.05. The van der Waals surface area contributed by atoms with Gasteiger partial charge in [0.15, 0.2) is 5.82 Å². The van der Waals surface area contributed by atoms with E-state index in [4.69, 9.17) is 4.74 Å². The predicted molar refractivity (Wildman–Crippen MR) is 113 cm³/mol. The molecule has 170 valence electrons. The van der Waals surface area contributed by atoms with Gasteiger partial charge in [-0.05, 0) is 37.3 Å². The molecule has 0 aliphatic carbocycles. The summed E-state index contributed by atoms with van der Waals surface area (Å²) in [5, 5.41) is 11.0. The molecule has 0 bridgehead atoms. The van der Waals surface area contributed by atoms with Crippen LogP contribution in [0.3, 0.4) is 0 Å². The van der Waals surface area contributed by atoms with Crippen LogP contribution in [0.4, 0.5) is 18.9 Å². The summed E-state index contributed by atoms with van der Waals surface area (Å²) < 4.78 is 47.0. The van der Waals surface area contributed by atoms with Crippen LogP contribution in [0.1, 0.15) is 21.6 Å². The Morgan fingerprint density at radius 2 is 1.97 bits per heavy atom. The second kappa shape index (κ2) is 9.15. The van der Waals surface area contributed by atoms with E-state index in [1.165, 1.54) is 16.9 Å². The quantitative estimate of drug-likeness (QED) is 0.452. The average molecular weight is 456 g/mol. The number of benzene rings is 1. The zero-order valence-electron chi connectivity index (χ0n) is 17.5. The fraction of sp³-hybridized carbons (Fsp3) is 0.182. The zero-order chi connectivity index (χ0) is 23.4. The molecule has 0 radical (unpaired) electrons. The summed E-state index contributed by atoms with van der Waals surface area (Å²) in [6.07, 6.45) is 1.12. The van der Waals surface area contributed by atoms with Gasteiger partial charge in [0.2, 0.25) is 0 Å². The van der Waals surface area contributed by atoms with Crippen LogP contribution in [0.2, 0.25) is 0 Å². The Labute approximate surface area is 186 Å². The second-order valence-corrected chi connectivity index (χ2v) is 7.06. The largest absolute Gasteiger partial charge is 0.492 e. The number of nitrogens with one attached hydrogen (secondary N) is 1. The van der Waals surface area contributed by atoms with E-state index in [9.17, 15) is 18.0 Å². The lowest BCUT2D eigenvalue weighted by Gasteiger charge is -2.10. The number of ether oxygens (including phenoxy) is 1. The Hall–Kier alpha value is -4.15. The first-order valence-corrected chi connectivity index (χ1v) is 9.91. The standard InChI is InChI=1S/C22H19F3N6O2/c1-15-19(14-28-31(15)20-7-6-16(13-26-20)22(23,24)25)21(32)29-17-4-2-5-18(12-17)33-11-10-30-9-3-8-27-30/h2-9,12-14H,10-11H2,1H3,(H,29,32). The number of alkyl halides is 3. The van der Waals surface area contributed by atoms with Gasteiger partial charge in [0.1, 0.15) is 12.4 Å². The van der Waals surface area contributed by atoms with E-state index in [1.54, 1.807) is 42.1 Å². The highest BCUT2D eigenvalue weighted by Gasteiger charge is 2.30. The smallest absolute Gasteiger partial charge is 0.417 e. The zero-order valence-corrected chi connectivity index (χ0v) is 17.5. The molecule has 3 aromatic heterocycles. The van der Waals surface area contributed by atoms with E-state index in [-0.39, 0.29) is 11.4 Å². The predicted octanol–water partition coefficient (Wildman–Crippen LogP) is 4.12. The van der Waals surface area contributed by atoms with Crippen LogP contribution in [0, 0.1) is 6.92 Å². The molecule has 0 saturated carbocycles. The number of nitrogens with zero attached hydrogens (tertiary/aromatic N) is 5. The molecular formula is C22H19F3N6O2. The average Bonchev–Trinajstić information content (AvgIpc) is 3.43. The van der Waals surface area contributed by atoms with E-state index >= 15 is 0 Å². The SMILES string of the molecule is Cc1c(C(=O)Nc2cccc(OCCn3cccn3)c2)cnn1-c1ccc(C(F)(F)F)cn1. The van der Waals surface area contributed by atoms with Gasteiger partial charge in [0.05, 0.1) is 29.6 Å². The molecule has 33 heavy (non-hydrogen) atoms. The molecule has 0 fully saturated rings. The van der Waals surface area contributed by atoms with Crippen molar-refractivity contribution in [3.05, 3.63) is 84.1 Å². The Balaban J connectivity index is 1.42. The molecule has 0 aliphatic heterocycles. The first kappa shape index (κ1) is 22.1. The second-order valence-electron chi connectivity index (χ2n) is 7.06. The molecule has 4 aromatic rings. The van der Waals surface area contributed by atoms with E-state index in [0.29, 0.717) is 30.3 Å². The van der Waals surface area contributed by atoms with Crippen LogP contribution >= 0.6 is 0 Å². The van der Waals surface area contributed by atoms with Crippen molar-refractivity contribution in [1.29, 1.82) is 0 Å². The minimum atomic E-state index is -4.48. The summed E-state index contributed by atoms with van der Waals surface area (Å²) in [5.74, 6) is 0.341. The van der Waals surface area contributed by atoms with Gasteiger partial charge in [-0.1, -0.05) is 6.07 Å². The maximum absolute atomic E-state index is 12.8. The van der Waals surface area contributed by atoms with Crippen LogP contribution < -0.4 is 10.1 Å². The monoisotopic (exact) mass is 456 g/mol. The lowest BCUT2D eigenvalue weighted by atomic mass is 10.2. The summed E-state index contributed by atoms with van der Waals surface area (Å²) in [5.41, 5.74) is 0.366. The van der Waals surface area contributed by atoms with Gasteiger partial charge in [-0.3, -0.25) is 9.48 Å². The van der Waals surface area contributed by atoms with Crippen molar-refractivity contribution in [2.24, 2.45) is 0 Å². The topological polar surface area (TPSA) is 86.9 Å². The summed E-state index contributed by atoms with van der Waals surface area (Å²) >= 11 is 0. The third-order valence-electron chi connectivity index (χ3n) is 4.79. The molecule has 0 atom stereocenters. The Morgan fingerprint density at radius 3 is 2.67 bits per heavy atom. The summed E-state index contributed by atoms with van der Waals surface area (Å²) in [6.45, 7) is 2.63. The number of carbonyl (C=O) groups is 1. The molecule has 0 saturated heterocycles. The minimum absolute atomic E-state index is 0.173. The van der Waals surface area contributed by atoms with Crippen LogP contribution in [0.5, 0.6) is 5.75 Å². The number of anilines is 1. The molecule has 11 heteroatoms. The third kappa shape index (κ3) is 5.20. The van der Waals surface area contributed by atoms with Crippen molar-refractivity contribution >= 4 is 11.6 Å². The van der Waals surface area contributed by atoms with Gasteiger partial charge in [-0.2, -0.15) is 23.4 Å².